The Bertz CT molecular complexity index is 2040. The minimum absolute atomic E-state index is 0.116. The van der Waals surface area contributed by atoms with Crippen LogP contribution in [0.15, 0.2) is 94.9 Å². The second kappa shape index (κ2) is 8.75. The SMILES string of the molecule is Cc1cccc(C)c1-n1c(C=C2C(=O)c3cc4ccccc4cc3C2=O)cc2oc(-c3ccc(C#N)cc3)nc21. The number of fused-ring (bicyclic) bond motifs is 3. The first-order valence-electron chi connectivity index (χ1n) is 12.9. The maximum atomic E-state index is 13.5. The first kappa shape index (κ1) is 23.6. The standard InChI is InChI=1S/C34H21N3O3/c1-19-6-5-7-20(2)30(19)37-25(17-29-33(37)36-34(40-29)22-12-10-21(18-35)11-13-22)16-28-31(38)26-14-23-8-3-4-9-24(23)15-27(26)32(28)39/h3-17H,1-2H3. The lowest BCUT2D eigenvalue weighted by atomic mass is 10.0. The first-order valence-corrected chi connectivity index (χ1v) is 12.9. The third-order valence-electron chi connectivity index (χ3n) is 7.46. The zero-order valence-electron chi connectivity index (χ0n) is 21.7. The van der Waals surface area contributed by atoms with E-state index in [4.69, 9.17) is 14.7 Å². The molecule has 2 aromatic heterocycles. The van der Waals surface area contributed by atoms with Crippen LogP contribution in [0.4, 0.5) is 0 Å². The molecule has 6 aromatic rings. The smallest absolute Gasteiger partial charge is 0.228 e. The molecule has 0 amide bonds. The molecule has 0 saturated heterocycles. The summed E-state index contributed by atoms with van der Waals surface area (Å²) in [6, 6.07) is 28.3. The number of aromatic nitrogens is 2. The summed E-state index contributed by atoms with van der Waals surface area (Å²) in [6.07, 6.45) is 1.65. The maximum Gasteiger partial charge on any atom is 0.228 e. The van der Waals surface area contributed by atoms with E-state index in [0.717, 1.165) is 33.2 Å². The van der Waals surface area contributed by atoms with Gasteiger partial charge in [0.15, 0.2) is 22.8 Å². The van der Waals surface area contributed by atoms with Gasteiger partial charge in [-0.2, -0.15) is 10.2 Å². The molecule has 0 fully saturated rings. The van der Waals surface area contributed by atoms with Gasteiger partial charge in [0.25, 0.3) is 0 Å². The highest BCUT2D eigenvalue weighted by Gasteiger charge is 2.34. The van der Waals surface area contributed by atoms with Gasteiger partial charge in [-0.15, -0.1) is 0 Å². The van der Waals surface area contributed by atoms with Crippen LogP contribution in [0.1, 0.15) is 43.1 Å². The Balaban J connectivity index is 1.42. The number of nitrogens with zero attached hydrogens (tertiary/aromatic N) is 3. The second-order valence-corrected chi connectivity index (χ2v) is 10.0. The fraction of sp³-hybridized carbons (Fsp3) is 0.0588. The predicted molar refractivity (Wildman–Crippen MR) is 154 cm³/mol. The number of allylic oxidation sites excluding steroid dienone is 1. The number of nitriles is 1. The third-order valence-corrected chi connectivity index (χ3v) is 7.46. The Kier molecular flexibility index (Phi) is 5.16. The average molecular weight is 520 g/mol. The molecule has 0 bridgehead atoms. The number of hydrogen-bond acceptors (Lipinski definition) is 5. The number of carbonyl (C=O) groups is 2. The largest absolute Gasteiger partial charge is 0.434 e. The molecule has 1 aliphatic rings. The summed E-state index contributed by atoms with van der Waals surface area (Å²) in [5.74, 6) is -0.161. The number of para-hydroxylation sites is 1. The fourth-order valence-electron chi connectivity index (χ4n) is 5.50. The fourth-order valence-corrected chi connectivity index (χ4v) is 5.50. The zero-order chi connectivity index (χ0) is 27.5. The van der Waals surface area contributed by atoms with Crippen molar-refractivity contribution in [1.29, 1.82) is 5.26 Å². The molecule has 0 aliphatic heterocycles. The Hall–Kier alpha value is -5.54. The molecule has 6 nitrogen and oxygen atoms in total. The van der Waals surface area contributed by atoms with E-state index >= 15 is 0 Å². The minimum Gasteiger partial charge on any atom is -0.434 e. The summed E-state index contributed by atoms with van der Waals surface area (Å²) in [5.41, 5.74) is 6.90. The van der Waals surface area contributed by atoms with Gasteiger partial charge in [-0.3, -0.25) is 14.2 Å². The number of ketones is 2. The van der Waals surface area contributed by atoms with Gasteiger partial charge >= 0.3 is 0 Å². The Morgan fingerprint density at radius 2 is 1.45 bits per heavy atom. The van der Waals surface area contributed by atoms with Crippen molar-refractivity contribution in [3.63, 3.8) is 0 Å². The van der Waals surface area contributed by atoms with Crippen LogP contribution in [0.2, 0.25) is 0 Å². The van der Waals surface area contributed by atoms with Crippen LogP contribution in [-0.2, 0) is 0 Å². The molecule has 0 atom stereocenters. The molecule has 6 heteroatoms. The topological polar surface area (TPSA) is 88.9 Å². The summed E-state index contributed by atoms with van der Waals surface area (Å²) >= 11 is 0. The Labute approximate surface area is 229 Å². The maximum absolute atomic E-state index is 13.5. The van der Waals surface area contributed by atoms with Crippen molar-refractivity contribution in [2.75, 3.05) is 0 Å². The van der Waals surface area contributed by atoms with Crippen LogP contribution < -0.4 is 0 Å². The van der Waals surface area contributed by atoms with Crippen LogP contribution >= 0.6 is 0 Å². The molecule has 190 valence electrons. The second-order valence-electron chi connectivity index (χ2n) is 10.0. The monoisotopic (exact) mass is 519 g/mol. The summed E-state index contributed by atoms with van der Waals surface area (Å²) < 4.78 is 8.12. The van der Waals surface area contributed by atoms with Gasteiger partial charge in [-0.05, 0) is 78.2 Å². The molecule has 0 radical (unpaired) electrons. The Morgan fingerprint density at radius 3 is 2.05 bits per heavy atom. The van der Waals surface area contributed by atoms with E-state index in [1.54, 1.807) is 42.5 Å². The molecule has 4 aromatic carbocycles. The van der Waals surface area contributed by atoms with Gasteiger partial charge in [0.2, 0.25) is 5.89 Å². The third kappa shape index (κ3) is 3.53. The number of rotatable bonds is 3. The normalized spacial score (nSPS) is 12.8. The van der Waals surface area contributed by atoms with Crippen molar-refractivity contribution >= 4 is 39.6 Å². The molecule has 2 heterocycles. The van der Waals surface area contributed by atoms with Crippen molar-refractivity contribution < 1.29 is 14.0 Å². The molecule has 0 N–H and O–H groups in total. The lowest BCUT2D eigenvalue weighted by molar-refractivity contribution is 0.0990. The lowest BCUT2D eigenvalue weighted by Gasteiger charge is -2.14. The molecule has 1 aliphatic carbocycles. The van der Waals surface area contributed by atoms with Gasteiger partial charge < -0.3 is 4.42 Å². The van der Waals surface area contributed by atoms with Crippen molar-refractivity contribution in [1.82, 2.24) is 9.55 Å². The molecule has 0 unspecified atom stereocenters. The van der Waals surface area contributed by atoms with Crippen LogP contribution in [0.3, 0.4) is 0 Å². The van der Waals surface area contributed by atoms with Crippen molar-refractivity contribution in [2.45, 2.75) is 13.8 Å². The number of hydrogen-bond donors (Lipinski definition) is 0. The average Bonchev–Trinajstić information content (AvgIpc) is 3.59. The van der Waals surface area contributed by atoms with Gasteiger partial charge in [0.1, 0.15) is 0 Å². The van der Waals surface area contributed by atoms with Crippen molar-refractivity contribution in [3.05, 3.63) is 124 Å². The number of aryl methyl sites for hydroxylation is 2. The molecule has 0 saturated carbocycles. The highest BCUT2D eigenvalue weighted by Crippen LogP contribution is 2.36. The summed E-state index contributed by atoms with van der Waals surface area (Å²) in [5, 5.41) is 11.0. The van der Waals surface area contributed by atoms with E-state index in [0.29, 0.717) is 39.5 Å². The van der Waals surface area contributed by atoms with Crippen LogP contribution in [0, 0.1) is 25.2 Å². The number of benzene rings is 4. The molecule has 40 heavy (non-hydrogen) atoms. The van der Waals surface area contributed by atoms with E-state index in [2.05, 4.69) is 6.07 Å². The molecule has 0 spiro atoms. The van der Waals surface area contributed by atoms with E-state index in [9.17, 15) is 9.59 Å². The van der Waals surface area contributed by atoms with Crippen LogP contribution in [-0.4, -0.2) is 21.1 Å². The number of oxazole rings is 1. The zero-order valence-corrected chi connectivity index (χ0v) is 21.7. The van der Waals surface area contributed by atoms with E-state index < -0.39 is 0 Å². The number of Topliss-reactive ketones (excluding diaryl/α,β-unsaturated/α-hetero) is 2. The molecule has 7 rings (SSSR count). The lowest BCUT2D eigenvalue weighted by Crippen LogP contribution is -2.05. The Morgan fingerprint density at radius 1 is 0.825 bits per heavy atom. The van der Waals surface area contributed by atoms with E-state index in [1.165, 1.54) is 0 Å². The summed E-state index contributed by atoms with van der Waals surface area (Å²) in [4.78, 5) is 31.9. The summed E-state index contributed by atoms with van der Waals surface area (Å²) in [7, 11) is 0. The summed E-state index contributed by atoms with van der Waals surface area (Å²) in [6.45, 7) is 4.03. The highest BCUT2D eigenvalue weighted by atomic mass is 16.3. The van der Waals surface area contributed by atoms with Crippen LogP contribution in [0.5, 0.6) is 0 Å². The van der Waals surface area contributed by atoms with Crippen molar-refractivity contribution in [3.8, 4) is 23.2 Å². The van der Waals surface area contributed by atoms with E-state index in [1.807, 2.05) is 66.9 Å². The van der Waals surface area contributed by atoms with Crippen LogP contribution in [0.25, 0.3) is 45.2 Å². The quantitative estimate of drug-likeness (QED) is 0.180. The van der Waals surface area contributed by atoms with Gasteiger partial charge in [0, 0.05) is 22.8 Å². The van der Waals surface area contributed by atoms with Gasteiger partial charge in [-0.1, -0.05) is 42.5 Å². The molecular weight excluding hydrogens is 498 g/mol. The molecular formula is C34H21N3O3. The van der Waals surface area contributed by atoms with E-state index in [-0.39, 0.29) is 17.1 Å². The predicted octanol–water partition coefficient (Wildman–Crippen LogP) is 7.39. The van der Waals surface area contributed by atoms with Crippen molar-refractivity contribution in [2.24, 2.45) is 0 Å². The van der Waals surface area contributed by atoms with Gasteiger partial charge in [-0.25, -0.2) is 0 Å². The highest BCUT2D eigenvalue weighted by molar-refractivity contribution is 6.42. The number of carbonyl (C=O) groups excluding carboxylic acids is 2. The first-order chi connectivity index (χ1) is 19.4. The van der Waals surface area contributed by atoms with Gasteiger partial charge in [0.05, 0.1) is 28.6 Å². The minimum atomic E-state index is -0.289.